The van der Waals surface area contributed by atoms with Crippen molar-refractivity contribution in [1.29, 1.82) is 0 Å². The number of aromatic nitrogens is 1. The van der Waals surface area contributed by atoms with Gasteiger partial charge in [0, 0.05) is 22.5 Å². The predicted octanol–water partition coefficient (Wildman–Crippen LogP) is 2.90. The fourth-order valence-electron chi connectivity index (χ4n) is 1.46. The summed E-state index contributed by atoms with van der Waals surface area (Å²) in [5.41, 5.74) is 6.64. The standard InChI is InChI=1S/C12H15N3S/c1-2-9-5-6-10(16-9)8-15-11-4-3-7-14-12(11)13/h3-7,15H,2,8H2,1H3,(H2,13,14). The maximum Gasteiger partial charge on any atom is 0.146 e. The second-order valence-corrected chi connectivity index (χ2v) is 4.76. The van der Waals surface area contributed by atoms with Gasteiger partial charge in [0.05, 0.1) is 5.69 Å². The summed E-state index contributed by atoms with van der Waals surface area (Å²) in [6, 6.07) is 8.15. The van der Waals surface area contributed by atoms with Crippen molar-refractivity contribution in [3.63, 3.8) is 0 Å². The topological polar surface area (TPSA) is 50.9 Å². The van der Waals surface area contributed by atoms with Crippen molar-refractivity contribution < 1.29 is 0 Å². The molecule has 0 aromatic carbocycles. The second-order valence-electron chi connectivity index (χ2n) is 3.51. The number of pyridine rings is 1. The molecule has 3 N–H and O–H groups in total. The van der Waals surface area contributed by atoms with E-state index in [1.54, 1.807) is 6.20 Å². The third kappa shape index (κ3) is 2.52. The first-order valence-corrected chi connectivity index (χ1v) is 6.13. The number of hydrogen-bond acceptors (Lipinski definition) is 4. The van der Waals surface area contributed by atoms with Gasteiger partial charge in [-0.05, 0) is 30.7 Å². The molecule has 0 bridgehead atoms. The van der Waals surface area contributed by atoms with Crippen molar-refractivity contribution in [2.24, 2.45) is 0 Å². The second kappa shape index (κ2) is 4.99. The summed E-state index contributed by atoms with van der Waals surface area (Å²) in [4.78, 5) is 6.76. The first-order valence-electron chi connectivity index (χ1n) is 5.31. The monoisotopic (exact) mass is 233 g/mol. The quantitative estimate of drug-likeness (QED) is 0.853. The first kappa shape index (κ1) is 11.0. The van der Waals surface area contributed by atoms with Crippen LogP contribution in [0.4, 0.5) is 11.5 Å². The van der Waals surface area contributed by atoms with Crippen molar-refractivity contribution in [2.75, 3.05) is 11.1 Å². The van der Waals surface area contributed by atoms with E-state index in [0.29, 0.717) is 5.82 Å². The molecular weight excluding hydrogens is 218 g/mol. The molecule has 0 aliphatic carbocycles. The molecule has 2 heterocycles. The lowest BCUT2D eigenvalue weighted by molar-refractivity contribution is 1.18. The zero-order valence-corrected chi connectivity index (χ0v) is 10.1. The molecule has 0 saturated carbocycles. The van der Waals surface area contributed by atoms with E-state index in [1.165, 1.54) is 9.75 Å². The van der Waals surface area contributed by atoms with Gasteiger partial charge < -0.3 is 11.1 Å². The Morgan fingerprint density at radius 3 is 2.81 bits per heavy atom. The molecule has 4 heteroatoms. The van der Waals surface area contributed by atoms with E-state index in [-0.39, 0.29) is 0 Å². The lowest BCUT2D eigenvalue weighted by atomic mass is 10.3. The van der Waals surface area contributed by atoms with Gasteiger partial charge in [0.25, 0.3) is 0 Å². The van der Waals surface area contributed by atoms with Gasteiger partial charge in [-0.15, -0.1) is 11.3 Å². The van der Waals surface area contributed by atoms with Crippen LogP contribution in [0.15, 0.2) is 30.5 Å². The number of nitrogen functional groups attached to an aromatic ring is 1. The molecule has 3 nitrogen and oxygen atoms in total. The number of hydrogen-bond donors (Lipinski definition) is 2. The Morgan fingerprint density at radius 2 is 2.12 bits per heavy atom. The molecule has 0 saturated heterocycles. The summed E-state index contributed by atoms with van der Waals surface area (Å²) in [5, 5.41) is 3.29. The maximum absolute atomic E-state index is 5.75. The molecule has 2 aromatic rings. The third-order valence-electron chi connectivity index (χ3n) is 2.36. The average Bonchev–Trinajstić information content (AvgIpc) is 2.76. The highest BCUT2D eigenvalue weighted by Crippen LogP contribution is 2.20. The molecule has 84 valence electrons. The van der Waals surface area contributed by atoms with Gasteiger partial charge >= 0.3 is 0 Å². The number of anilines is 2. The van der Waals surface area contributed by atoms with Crippen LogP contribution in [0.1, 0.15) is 16.7 Å². The molecule has 2 rings (SSSR count). The minimum atomic E-state index is 0.551. The molecule has 0 fully saturated rings. The summed E-state index contributed by atoms with van der Waals surface area (Å²) in [6.45, 7) is 2.97. The SMILES string of the molecule is CCc1ccc(CNc2cccnc2N)s1. The highest BCUT2D eigenvalue weighted by Gasteiger charge is 2.01. The molecule has 2 aromatic heterocycles. The van der Waals surface area contributed by atoms with Crippen LogP contribution >= 0.6 is 11.3 Å². The summed E-state index contributed by atoms with van der Waals surface area (Å²) in [6.07, 6.45) is 2.79. The van der Waals surface area contributed by atoms with E-state index in [2.05, 4.69) is 29.4 Å². The van der Waals surface area contributed by atoms with E-state index in [9.17, 15) is 0 Å². The van der Waals surface area contributed by atoms with E-state index in [0.717, 1.165) is 18.7 Å². The Labute approximate surface area is 99.3 Å². The average molecular weight is 233 g/mol. The Kier molecular flexibility index (Phi) is 3.41. The van der Waals surface area contributed by atoms with Gasteiger partial charge in [-0.3, -0.25) is 0 Å². The highest BCUT2D eigenvalue weighted by molar-refractivity contribution is 7.12. The Bertz CT molecular complexity index is 465. The van der Waals surface area contributed by atoms with Crippen LogP contribution in [-0.4, -0.2) is 4.98 Å². The molecule has 0 spiro atoms. The maximum atomic E-state index is 5.75. The number of nitrogens with two attached hydrogens (primary N) is 1. The first-order chi connectivity index (χ1) is 7.79. The summed E-state index contributed by atoms with van der Waals surface area (Å²) in [5.74, 6) is 0.551. The molecule has 0 aliphatic heterocycles. The Morgan fingerprint density at radius 1 is 1.31 bits per heavy atom. The largest absolute Gasteiger partial charge is 0.382 e. The Hall–Kier alpha value is -1.55. The van der Waals surface area contributed by atoms with E-state index >= 15 is 0 Å². The van der Waals surface area contributed by atoms with Crippen molar-refractivity contribution in [1.82, 2.24) is 4.98 Å². The van der Waals surface area contributed by atoms with E-state index in [4.69, 9.17) is 5.73 Å². The number of nitrogens with zero attached hydrogens (tertiary/aromatic N) is 1. The highest BCUT2D eigenvalue weighted by atomic mass is 32.1. The zero-order valence-electron chi connectivity index (χ0n) is 9.23. The number of rotatable bonds is 4. The van der Waals surface area contributed by atoms with Crippen LogP contribution in [0.3, 0.4) is 0 Å². The zero-order chi connectivity index (χ0) is 11.4. The molecule has 0 atom stereocenters. The van der Waals surface area contributed by atoms with Crippen molar-refractivity contribution in [2.45, 2.75) is 19.9 Å². The number of thiophene rings is 1. The lowest BCUT2D eigenvalue weighted by Gasteiger charge is -2.06. The van der Waals surface area contributed by atoms with Crippen molar-refractivity contribution in [3.05, 3.63) is 40.2 Å². The van der Waals surface area contributed by atoms with Crippen LogP contribution in [-0.2, 0) is 13.0 Å². The fourth-order valence-corrected chi connectivity index (χ4v) is 2.35. The summed E-state index contributed by atoms with van der Waals surface area (Å²) < 4.78 is 0. The molecule has 0 unspecified atom stereocenters. The molecule has 0 amide bonds. The van der Waals surface area contributed by atoms with Gasteiger partial charge in [0.2, 0.25) is 0 Å². The van der Waals surface area contributed by atoms with Gasteiger partial charge in [0.15, 0.2) is 0 Å². The molecule has 0 radical (unpaired) electrons. The van der Waals surface area contributed by atoms with Crippen LogP contribution < -0.4 is 11.1 Å². The third-order valence-corrected chi connectivity index (χ3v) is 3.59. The number of nitrogens with one attached hydrogen (secondary N) is 1. The minimum Gasteiger partial charge on any atom is -0.382 e. The normalized spacial score (nSPS) is 10.3. The van der Waals surface area contributed by atoms with E-state index in [1.807, 2.05) is 23.5 Å². The molecular formula is C12H15N3S. The summed E-state index contributed by atoms with van der Waals surface area (Å²) in [7, 11) is 0. The van der Waals surface area contributed by atoms with Gasteiger partial charge in [-0.2, -0.15) is 0 Å². The minimum absolute atomic E-state index is 0.551. The van der Waals surface area contributed by atoms with Crippen LogP contribution in [0.25, 0.3) is 0 Å². The van der Waals surface area contributed by atoms with Crippen molar-refractivity contribution in [3.8, 4) is 0 Å². The predicted molar refractivity (Wildman–Crippen MR) is 69.7 cm³/mol. The number of aryl methyl sites for hydroxylation is 1. The van der Waals surface area contributed by atoms with Gasteiger partial charge in [-0.25, -0.2) is 4.98 Å². The Balaban J connectivity index is 1.99. The van der Waals surface area contributed by atoms with Crippen LogP contribution in [0.5, 0.6) is 0 Å². The van der Waals surface area contributed by atoms with E-state index < -0.39 is 0 Å². The van der Waals surface area contributed by atoms with Gasteiger partial charge in [0.1, 0.15) is 5.82 Å². The van der Waals surface area contributed by atoms with Gasteiger partial charge in [-0.1, -0.05) is 6.92 Å². The molecule has 0 aliphatic rings. The molecule has 16 heavy (non-hydrogen) atoms. The van der Waals surface area contributed by atoms with Crippen LogP contribution in [0, 0.1) is 0 Å². The van der Waals surface area contributed by atoms with Crippen LogP contribution in [0.2, 0.25) is 0 Å². The van der Waals surface area contributed by atoms with Crippen molar-refractivity contribution >= 4 is 22.8 Å². The lowest BCUT2D eigenvalue weighted by Crippen LogP contribution is -2.02. The summed E-state index contributed by atoms with van der Waals surface area (Å²) >= 11 is 1.83. The smallest absolute Gasteiger partial charge is 0.146 e. The fraction of sp³-hybridized carbons (Fsp3) is 0.250.